The average Bonchev–Trinajstić information content (AvgIpc) is 2.97. The van der Waals surface area contributed by atoms with E-state index >= 15 is 0 Å². The fourth-order valence-electron chi connectivity index (χ4n) is 2.37. The minimum Gasteiger partial charge on any atom is -0.493 e. The molecule has 0 radical (unpaired) electrons. The van der Waals surface area contributed by atoms with Crippen molar-refractivity contribution < 1.29 is 14.3 Å². The monoisotopic (exact) mass is 302 g/mol. The molecule has 1 amide bonds. The van der Waals surface area contributed by atoms with Crippen LogP contribution in [0, 0.1) is 0 Å². The number of methoxy groups -OCH3 is 2. The minimum atomic E-state index is 0.0183. The van der Waals surface area contributed by atoms with Gasteiger partial charge in [0.05, 0.1) is 14.2 Å². The van der Waals surface area contributed by atoms with Gasteiger partial charge in [-0.15, -0.1) is 0 Å². The van der Waals surface area contributed by atoms with Gasteiger partial charge in [-0.25, -0.2) is 0 Å². The van der Waals surface area contributed by atoms with Crippen molar-refractivity contribution in [3.05, 3.63) is 47.8 Å². The normalized spacial score (nSPS) is 10.4. The van der Waals surface area contributed by atoms with Crippen LogP contribution in [-0.2, 0) is 13.6 Å². The lowest BCUT2D eigenvalue weighted by molar-refractivity contribution is 0.0743. The molecule has 118 valence electrons. The smallest absolute Gasteiger partial charge is 0.270 e. The third-order valence-electron chi connectivity index (χ3n) is 3.65. The van der Waals surface area contributed by atoms with Gasteiger partial charge in [0.2, 0.25) is 0 Å². The Morgan fingerprint density at radius 3 is 2.45 bits per heavy atom. The van der Waals surface area contributed by atoms with Gasteiger partial charge in [0, 0.05) is 26.3 Å². The van der Waals surface area contributed by atoms with Crippen LogP contribution in [0.3, 0.4) is 0 Å². The molecule has 0 spiro atoms. The van der Waals surface area contributed by atoms with E-state index in [1.54, 1.807) is 19.1 Å². The predicted molar refractivity (Wildman–Crippen MR) is 85.4 cm³/mol. The summed E-state index contributed by atoms with van der Waals surface area (Å²) in [5.41, 5.74) is 1.68. The molecule has 0 bridgehead atoms. The largest absolute Gasteiger partial charge is 0.493 e. The third kappa shape index (κ3) is 3.24. The number of carbonyl (C=O) groups is 1. The van der Waals surface area contributed by atoms with E-state index in [2.05, 4.69) is 0 Å². The Labute approximate surface area is 131 Å². The molecule has 1 aromatic carbocycles. The van der Waals surface area contributed by atoms with Gasteiger partial charge in [-0.3, -0.25) is 4.79 Å². The van der Waals surface area contributed by atoms with Crippen molar-refractivity contribution in [2.24, 2.45) is 7.05 Å². The van der Waals surface area contributed by atoms with Crippen LogP contribution < -0.4 is 9.47 Å². The number of benzene rings is 1. The Hall–Kier alpha value is -2.43. The number of hydrogen-bond acceptors (Lipinski definition) is 3. The SMILES string of the molecule is CCN(Cc1ccc(OC)c(OC)c1)C(=O)c1cccn1C. The highest BCUT2D eigenvalue weighted by Gasteiger charge is 2.17. The molecular weight excluding hydrogens is 280 g/mol. The molecule has 5 heteroatoms. The number of carbonyl (C=O) groups excluding carboxylic acids is 1. The summed E-state index contributed by atoms with van der Waals surface area (Å²) in [6.07, 6.45) is 1.87. The Bertz CT molecular complexity index is 649. The van der Waals surface area contributed by atoms with Gasteiger partial charge >= 0.3 is 0 Å². The highest BCUT2D eigenvalue weighted by Crippen LogP contribution is 2.28. The van der Waals surface area contributed by atoms with Crippen molar-refractivity contribution in [3.63, 3.8) is 0 Å². The molecule has 1 heterocycles. The molecule has 5 nitrogen and oxygen atoms in total. The molecular formula is C17H22N2O3. The van der Waals surface area contributed by atoms with Crippen LogP contribution in [0.1, 0.15) is 23.0 Å². The average molecular weight is 302 g/mol. The Morgan fingerprint density at radius 2 is 1.91 bits per heavy atom. The molecule has 0 unspecified atom stereocenters. The lowest BCUT2D eigenvalue weighted by Crippen LogP contribution is -2.31. The van der Waals surface area contributed by atoms with Crippen molar-refractivity contribution in [1.82, 2.24) is 9.47 Å². The second-order valence-corrected chi connectivity index (χ2v) is 5.01. The summed E-state index contributed by atoms with van der Waals surface area (Å²) in [5, 5.41) is 0. The summed E-state index contributed by atoms with van der Waals surface area (Å²) >= 11 is 0. The summed E-state index contributed by atoms with van der Waals surface area (Å²) in [7, 11) is 5.08. The van der Waals surface area contributed by atoms with Gasteiger partial charge < -0.3 is 18.9 Å². The Balaban J connectivity index is 2.20. The van der Waals surface area contributed by atoms with E-state index in [-0.39, 0.29) is 5.91 Å². The van der Waals surface area contributed by atoms with E-state index in [0.29, 0.717) is 30.3 Å². The van der Waals surface area contributed by atoms with Crippen LogP contribution in [0.4, 0.5) is 0 Å². The molecule has 0 saturated carbocycles. The number of rotatable bonds is 6. The van der Waals surface area contributed by atoms with Gasteiger partial charge in [-0.1, -0.05) is 6.07 Å². The number of nitrogens with zero attached hydrogens (tertiary/aromatic N) is 2. The molecule has 0 atom stereocenters. The van der Waals surface area contributed by atoms with Crippen LogP contribution in [0.25, 0.3) is 0 Å². The summed E-state index contributed by atoms with van der Waals surface area (Å²) in [6, 6.07) is 9.41. The van der Waals surface area contributed by atoms with Crippen LogP contribution >= 0.6 is 0 Å². The van der Waals surface area contributed by atoms with E-state index in [1.165, 1.54) is 0 Å². The van der Waals surface area contributed by atoms with Gasteiger partial charge in [-0.2, -0.15) is 0 Å². The van der Waals surface area contributed by atoms with E-state index < -0.39 is 0 Å². The van der Waals surface area contributed by atoms with Gasteiger partial charge in [-0.05, 0) is 36.8 Å². The lowest BCUT2D eigenvalue weighted by Gasteiger charge is -2.22. The molecule has 0 aliphatic rings. The van der Waals surface area contributed by atoms with E-state index in [1.807, 2.05) is 55.1 Å². The van der Waals surface area contributed by atoms with Crippen LogP contribution in [0.5, 0.6) is 11.5 Å². The number of aromatic nitrogens is 1. The number of amides is 1. The van der Waals surface area contributed by atoms with Crippen molar-refractivity contribution in [2.75, 3.05) is 20.8 Å². The topological polar surface area (TPSA) is 43.7 Å². The quantitative estimate of drug-likeness (QED) is 0.824. The zero-order valence-corrected chi connectivity index (χ0v) is 13.5. The number of hydrogen-bond donors (Lipinski definition) is 0. The Morgan fingerprint density at radius 1 is 1.18 bits per heavy atom. The summed E-state index contributed by atoms with van der Waals surface area (Å²) in [6.45, 7) is 3.14. The maximum absolute atomic E-state index is 12.6. The van der Waals surface area contributed by atoms with Gasteiger partial charge in [0.25, 0.3) is 5.91 Å². The zero-order chi connectivity index (χ0) is 16.1. The maximum Gasteiger partial charge on any atom is 0.270 e. The Kier molecular flexibility index (Phi) is 5.09. The molecule has 22 heavy (non-hydrogen) atoms. The molecule has 2 aromatic rings. The van der Waals surface area contributed by atoms with Crippen molar-refractivity contribution >= 4 is 5.91 Å². The first-order valence-electron chi connectivity index (χ1n) is 7.22. The standard InChI is InChI=1S/C17H22N2O3/c1-5-19(17(20)14-7-6-10-18(14)2)12-13-8-9-15(21-3)16(11-13)22-4/h6-11H,5,12H2,1-4H3. The van der Waals surface area contributed by atoms with Gasteiger partial charge in [0.1, 0.15) is 5.69 Å². The number of aryl methyl sites for hydroxylation is 1. The minimum absolute atomic E-state index is 0.0183. The molecule has 0 saturated heterocycles. The van der Waals surface area contributed by atoms with E-state index in [0.717, 1.165) is 5.56 Å². The first-order valence-corrected chi connectivity index (χ1v) is 7.22. The van der Waals surface area contributed by atoms with Crippen LogP contribution in [-0.4, -0.2) is 36.1 Å². The van der Waals surface area contributed by atoms with Crippen molar-refractivity contribution in [1.29, 1.82) is 0 Å². The van der Waals surface area contributed by atoms with Crippen LogP contribution in [0.15, 0.2) is 36.5 Å². The molecule has 0 N–H and O–H groups in total. The molecule has 1 aromatic heterocycles. The lowest BCUT2D eigenvalue weighted by atomic mass is 10.1. The predicted octanol–water partition coefficient (Wildman–Crippen LogP) is 2.70. The zero-order valence-electron chi connectivity index (χ0n) is 13.5. The fourth-order valence-corrected chi connectivity index (χ4v) is 2.37. The number of ether oxygens (including phenoxy) is 2. The molecule has 0 fully saturated rings. The summed E-state index contributed by atoms with van der Waals surface area (Å²) < 4.78 is 12.4. The highest BCUT2D eigenvalue weighted by molar-refractivity contribution is 5.92. The third-order valence-corrected chi connectivity index (χ3v) is 3.65. The first-order chi connectivity index (χ1) is 10.6. The fraction of sp³-hybridized carbons (Fsp3) is 0.353. The second-order valence-electron chi connectivity index (χ2n) is 5.01. The summed E-state index contributed by atoms with van der Waals surface area (Å²) in [4.78, 5) is 14.4. The van der Waals surface area contributed by atoms with Gasteiger partial charge in [0.15, 0.2) is 11.5 Å². The molecule has 0 aliphatic heterocycles. The van der Waals surface area contributed by atoms with Crippen molar-refractivity contribution in [2.45, 2.75) is 13.5 Å². The molecule has 2 rings (SSSR count). The second kappa shape index (κ2) is 7.02. The first kappa shape index (κ1) is 15.9. The maximum atomic E-state index is 12.6. The highest BCUT2D eigenvalue weighted by atomic mass is 16.5. The molecule has 0 aliphatic carbocycles. The van der Waals surface area contributed by atoms with E-state index in [9.17, 15) is 4.79 Å². The van der Waals surface area contributed by atoms with Crippen molar-refractivity contribution in [3.8, 4) is 11.5 Å². The summed E-state index contributed by atoms with van der Waals surface area (Å²) in [5.74, 6) is 1.37. The van der Waals surface area contributed by atoms with E-state index in [4.69, 9.17) is 9.47 Å². The van der Waals surface area contributed by atoms with Crippen LogP contribution in [0.2, 0.25) is 0 Å².